The standard InChI is InChI=1S/C16H20N4OS/c17-16-18-11-14(22-16)12-19-6-8-20(9-7-19)15(21)10-13-4-2-1-3-5-13/h1-5,11H,6-10,12H2,(H2,17,18). The van der Waals surface area contributed by atoms with Crippen LogP contribution in [0.5, 0.6) is 0 Å². The third-order valence-electron chi connectivity index (χ3n) is 3.87. The lowest BCUT2D eigenvalue weighted by molar-refractivity contribution is -0.132. The third-order valence-corrected chi connectivity index (χ3v) is 4.69. The Hall–Kier alpha value is -1.92. The van der Waals surface area contributed by atoms with Gasteiger partial charge in [0.25, 0.3) is 0 Å². The first-order valence-electron chi connectivity index (χ1n) is 7.45. The summed E-state index contributed by atoms with van der Waals surface area (Å²) in [5.41, 5.74) is 6.73. The molecule has 3 rings (SSSR count). The number of anilines is 1. The molecule has 116 valence electrons. The monoisotopic (exact) mass is 316 g/mol. The van der Waals surface area contributed by atoms with Crippen molar-refractivity contribution in [2.75, 3.05) is 31.9 Å². The van der Waals surface area contributed by atoms with Crippen molar-refractivity contribution >= 4 is 22.4 Å². The van der Waals surface area contributed by atoms with Crippen LogP contribution in [0.4, 0.5) is 5.13 Å². The summed E-state index contributed by atoms with van der Waals surface area (Å²) in [4.78, 5) is 21.9. The summed E-state index contributed by atoms with van der Waals surface area (Å²) in [6.07, 6.45) is 2.33. The fourth-order valence-corrected chi connectivity index (χ4v) is 3.38. The van der Waals surface area contributed by atoms with Gasteiger partial charge in [-0.1, -0.05) is 30.3 Å². The zero-order valence-electron chi connectivity index (χ0n) is 12.4. The maximum atomic E-state index is 12.3. The Morgan fingerprint density at radius 2 is 1.91 bits per heavy atom. The van der Waals surface area contributed by atoms with E-state index in [1.807, 2.05) is 41.4 Å². The molecular formula is C16H20N4OS. The number of benzene rings is 1. The summed E-state index contributed by atoms with van der Waals surface area (Å²) in [5.74, 6) is 0.216. The molecule has 22 heavy (non-hydrogen) atoms. The molecule has 5 nitrogen and oxygen atoms in total. The van der Waals surface area contributed by atoms with Crippen molar-refractivity contribution in [3.63, 3.8) is 0 Å². The van der Waals surface area contributed by atoms with Gasteiger partial charge in [-0.15, -0.1) is 11.3 Å². The smallest absolute Gasteiger partial charge is 0.227 e. The van der Waals surface area contributed by atoms with E-state index in [-0.39, 0.29) is 5.91 Å². The predicted molar refractivity (Wildman–Crippen MR) is 88.5 cm³/mol. The molecule has 6 heteroatoms. The minimum absolute atomic E-state index is 0.216. The Morgan fingerprint density at radius 1 is 1.18 bits per heavy atom. The van der Waals surface area contributed by atoms with E-state index in [1.54, 1.807) is 0 Å². The van der Waals surface area contributed by atoms with Gasteiger partial charge in [0.05, 0.1) is 6.42 Å². The lowest BCUT2D eigenvalue weighted by Gasteiger charge is -2.34. The highest BCUT2D eigenvalue weighted by molar-refractivity contribution is 7.15. The quantitative estimate of drug-likeness (QED) is 0.931. The highest BCUT2D eigenvalue weighted by Gasteiger charge is 2.21. The topological polar surface area (TPSA) is 62.5 Å². The molecule has 1 amide bonds. The molecule has 0 radical (unpaired) electrons. The van der Waals surface area contributed by atoms with E-state index in [4.69, 9.17) is 5.73 Å². The number of carbonyl (C=O) groups excluding carboxylic acids is 1. The number of nitrogen functional groups attached to an aromatic ring is 1. The molecule has 1 aromatic heterocycles. The number of thiazole rings is 1. The van der Waals surface area contributed by atoms with E-state index in [1.165, 1.54) is 16.2 Å². The second-order valence-electron chi connectivity index (χ2n) is 5.48. The molecule has 2 N–H and O–H groups in total. The molecule has 1 aliphatic heterocycles. The minimum Gasteiger partial charge on any atom is -0.375 e. The van der Waals surface area contributed by atoms with Crippen LogP contribution in [0.1, 0.15) is 10.4 Å². The predicted octanol–water partition coefficient (Wildman–Crippen LogP) is 1.61. The van der Waals surface area contributed by atoms with Crippen molar-refractivity contribution in [3.8, 4) is 0 Å². The Morgan fingerprint density at radius 3 is 2.55 bits per heavy atom. The lowest BCUT2D eigenvalue weighted by Crippen LogP contribution is -2.48. The molecule has 0 spiro atoms. The molecule has 2 aromatic rings. The number of carbonyl (C=O) groups is 1. The summed E-state index contributed by atoms with van der Waals surface area (Å²) >= 11 is 1.53. The number of hydrogen-bond donors (Lipinski definition) is 1. The van der Waals surface area contributed by atoms with Gasteiger partial charge in [0.1, 0.15) is 0 Å². The van der Waals surface area contributed by atoms with Gasteiger partial charge < -0.3 is 10.6 Å². The first-order chi connectivity index (χ1) is 10.7. The van der Waals surface area contributed by atoms with Crippen molar-refractivity contribution in [3.05, 3.63) is 47.0 Å². The van der Waals surface area contributed by atoms with Gasteiger partial charge in [0.15, 0.2) is 5.13 Å². The normalized spacial score (nSPS) is 15.9. The maximum Gasteiger partial charge on any atom is 0.227 e. The highest BCUT2D eigenvalue weighted by atomic mass is 32.1. The largest absolute Gasteiger partial charge is 0.375 e. The summed E-state index contributed by atoms with van der Waals surface area (Å²) in [6.45, 7) is 4.26. The molecular weight excluding hydrogens is 296 g/mol. The molecule has 0 bridgehead atoms. The number of aromatic nitrogens is 1. The van der Waals surface area contributed by atoms with Crippen molar-refractivity contribution in [1.82, 2.24) is 14.8 Å². The second kappa shape index (κ2) is 6.89. The van der Waals surface area contributed by atoms with E-state index in [0.717, 1.165) is 38.3 Å². The summed E-state index contributed by atoms with van der Waals surface area (Å²) in [5, 5.41) is 0.617. The number of nitrogens with zero attached hydrogens (tertiary/aromatic N) is 3. The van der Waals surface area contributed by atoms with E-state index in [2.05, 4.69) is 9.88 Å². The number of piperazine rings is 1. The average Bonchev–Trinajstić information content (AvgIpc) is 2.94. The van der Waals surface area contributed by atoms with E-state index in [0.29, 0.717) is 11.6 Å². The molecule has 0 unspecified atom stereocenters. The molecule has 1 saturated heterocycles. The summed E-state index contributed by atoms with van der Waals surface area (Å²) in [7, 11) is 0. The van der Waals surface area contributed by atoms with E-state index < -0.39 is 0 Å². The number of rotatable bonds is 4. The van der Waals surface area contributed by atoms with Crippen LogP contribution < -0.4 is 5.73 Å². The van der Waals surface area contributed by atoms with Crippen molar-refractivity contribution < 1.29 is 4.79 Å². The maximum absolute atomic E-state index is 12.3. The van der Waals surface area contributed by atoms with Gasteiger partial charge in [0.2, 0.25) is 5.91 Å². The molecule has 0 aliphatic carbocycles. The van der Waals surface area contributed by atoms with Gasteiger partial charge in [-0.05, 0) is 5.56 Å². The van der Waals surface area contributed by atoms with Crippen molar-refractivity contribution in [2.24, 2.45) is 0 Å². The summed E-state index contributed by atoms with van der Waals surface area (Å²) < 4.78 is 0. The van der Waals surface area contributed by atoms with Gasteiger partial charge in [-0.25, -0.2) is 4.98 Å². The van der Waals surface area contributed by atoms with Crippen LogP contribution in [-0.4, -0.2) is 46.9 Å². The van der Waals surface area contributed by atoms with Crippen LogP contribution in [0.25, 0.3) is 0 Å². The van der Waals surface area contributed by atoms with Crippen LogP contribution in [-0.2, 0) is 17.8 Å². The number of hydrogen-bond acceptors (Lipinski definition) is 5. The van der Waals surface area contributed by atoms with Gasteiger partial charge >= 0.3 is 0 Å². The zero-order chi connectivity index (χ0) is 15.4. The molecule has 0 atom stereocenters. The summed E-state index contributed by atoms with van der Waals surface area (Å²) in [6, 6.07) is 9.92. The van der Waals surface area contributed by atoms with E-state index in [9.17, 15) is 4.79 Å². The zero-order valence-corrected chi connectivity index (χ0v) is 13.3. The lowest BCUT2D eigenvalue weighted by atomic mass is 10.1. The minimum atomic E-state index is 0.216. The molecule has 2 heterocycles. The van der Waals surface area contributed by atoms with E-state index >= 15 is 0 Å². The van der Waals surface area contributed by atoms with Crippen LogP contribution >= 0.6 is 11.3 Å². The van der Waals surface area contributed by atoms with Crippen molar-refractivity contribution in [2.45, 2.75) is 13.0 Å². The van der Waals surface area contributed by atoms with Crippen molar-refractivity contribution in [1.29, 1.82) is 0 Å². The first kappa shape index (κ1) is 15.0. The van der Waals surface area contributed by atoms with Crippen LogP contribution in [0.2, 0.25) is 0 Å². The fourth-order valence-electron chi connectivity index (χ4n) is 2.65. The Kier molecular flexibility index (Phi) is 4.70. The van der Waals surface area contributed by atoms with Crippen LogP contribution in [0, 0.1) is 0 Å². The average molecular weight is 316 g/mol. The molecule has 1 aliphatic rings. The van der Waals surface area contributed by atoms with Gasteiger partial charge in [-0.2, -0.15) is 0 Å². The first-order valence-corrected chi connectivity index (χ1v) is 8.26. The molecule has 1 fully saturated rings. The Labute approximate surface area is 134 Å². The number of amides is 1. The second-order valence-corrected chi connectivity index (χ2v) is 6.63. The fraction of sp³-hybridized carbons (Fsp3) is 0.375. The highest BCUT2D eigenvalue weighted by Crippen LogP contribution is 2.17. The van der Waals surface area contributed by atoms with Gasteiger partial charge in [0, 0.05) is 43.8 Å². The Bertz CT molecular complexity index is 620. The SMILES string of the molecule is Nc1ncc(CN2CCN(C(=O)Cc3ccccc3)CC2)s1. The van der Waals surface area contributed by atoms with Crippen LogP contribution in [0.15, 0.2) is 36.5 Å². The van der Waals surface area contributed by atoms with Gasteiger partial charge in [-0.3, -0.25) is 9.69 Å². The third kappa shape index (κ3) is 3.84. The molecule has 1 aromatic carbocycles. The van der Waals surface area contributed by atoms with Crippen LogP contribution in [0.3, 0.4) is 0 Å². The Balaban J connectivity index is 1.48. The number of nitrogens with two attached hydrogens (primary N) is 1. The molecule has 0 saturated carbocycles.